The van der Waals surface area contributed by atoms with Crippen molar-refractivity contribution in [1.29, 1.82) is 0 Å². The van der Waals surface area contributed by atoms with Crippen molar-refractivity contribution in [2.24, 2.45) is 0 Å². The van der Waals surface area contributed by atoms with Crippen LogP contribution in [0.25, 0.3) is 6.08 Å². The molecule has 0 aromatic heterocycles. The first-order valence-corrected chi connectivity index (χ1v) is 9.11. The molecule has 1 heterocycles. The fraction of sp³-hybridized carbons (Fsp3) is 0.105. The van der Waals surface area contributed by atoms with Crippen molar-refractivity contribution < 1.29 is 19.1 Å². The SMILES string of the molecule is COc1ccc(NC(=O)CN2C(=O)SC(=Cc3ccccc3)C2=O)cc1Cl. The second-order valence-electron chi connectivity index (χ2n) is 5.58. The summed E-state index contributed by atoms with van der Waals surface area (Å²) in [5.41, 5.74) is 1.25. The zero-order chi connectivity index (χ0) is 19.4. The number of amides is 3. The number of anilines is 1. The van der Waals surface area contributed by atoms with Gasteiger partial charge in [0.05, 0.1) is 17.0 Å². The molecular weight excluding hydrogens is 388 g/mol. The van der Waals surface area contributed by atoms with Crippen LogP contribution in [0, 0.1) is 0 Å². The van der Waals surface area contributed by atoms with Gasteiger partial charge in [-0.15, -0.1) is 0 Å². The van der Waals surface area contributed by atoms with Crippen molar-refractivity contribution in [2.45, 2.75) is 0 Å². The first-order chi connectivity index (χ1) is 13.0. The molecule has 6 nitrogen and oxygen atoms in total. The maximum Gasteiger partial charge on any atom is 0.294 e. The van der Waals surface area contributed by atoms with E-state index in [2.05, 4.69) is 5.32 Å². The number of hydrogen-bond acceptors (Lipinski definition) is 5. The number of ether oxygens (including phenoxy) is 1. The van der Waals surface area contributed by atoms with Crippen LogP contribution in [0.2, 0.25) is 5.02 Å². The lowest BCUT2D eigenvalue weighted by molar-refractivity contribution is -0.127. The van der Waals surface area contributed by atoms with Gasteiger partial charge < -0.3 is 10.1 Å². The van der Waals surface area contributed by atoms with Gasteiger partial charge in [0.15, 0.2) is 0 Å². The molecule has 0 saturated carbocycles. The van der Waals surface area contributed by atoms with Crippen molar-refractivity contribution in [1.82, 2.24) is 4.90 Å². The minimum absolute atomic E-state index is 0.284. The summed E-state index contributed by atoms with van der Waals surface area (Å²) in [7, 11) is 1.49. The summed E-state index contributed by atoms with van der Waals surface area (Å²) >= 11 is 6.83. The van der Waals surface area contributed by atoms with E-state index in [4.69, 9.17) is 16.3 Å². The summed E-state index contributed by atoms with van der Waals surface area (Å²) in [6.45, 7) is -0.375. The van der Waals surface area contributed by atoms with Gasteiger partial charge in [-0.25, -0.2) is 0 Å². The quantitative estimate of drug-likeness (QED) is 0.764. The monoisotopic (exact) mass is 402 g/mol. The molecule has 1 fully saturated rings. The maximum atomic E-state index is 12.4. The number of carbonyl (C=O) groups excluding carboxylic acids is 3. The van der Waals surface area contributed by atoms with E-state index in [0.29, 0.717) is 16.5 Å². The largest absolute Gasteiger partial charge is 0.495 e. The van der Waals surface area contributed by atoms with Gasteiger partial charge in [-0.3, -0.25) is 19.3 Å². The van der Waals surface area contributed by atoms with Crippen LogP contribution in [0.15, 0.2) is 53.4 Å². The van der Waals surface area contributed by atoms with Crippen molar-refractivity contribution in [3.8, 4) is 5.75 Å². The minimum atomic E-state index is -0.500. The average Bonchev–Trinajstić information content (AvgIpc) is 2.90. The van der Waals surface area contributed by atoms with Gasteiger partial charge in [0, 0.05) is 5.69 Å². The van der Waals surface area contributed by atoms with Gasteiger partial charge in [0.25, 0.3) is 11.1 Å². The fourth-order valence-electron chi connectivity index (χ4n) is 2.43. The smallest absolute Gasteiger partial charge is 0.294 e. The van der Waals surface area contributed by atoms with Gasteiger partial charge in [-0.2, -0.15) is 0 Å². The van der Waals surface area contributed by atoms with E-state index in [1.807, 2.05) is 30.3 Å². The molecule has 0 spiro atoms. The van der Waals surface area contributed by atoms with E-state index in [-0.39, 0.29) is 11.4 Å². The Hall–Kier alpha value is -2.77. The zero-order valence-corrected chi connectivity index (χ0v) is 15.8. The van der Waals surface area contributed by atoms with Gasteiger partial charge in [-0.1, -0.05) is 41.9 Å². The Balaban J connectivity index is 1.67. The van der Waals surface area contributed by atoms with E-state index in [9.17, 15) is 14.4 Å². The lowest BCUT2D eigenvalue weighted by atomic mass is 10.2. The standard InChI is InChI=1S/C19H15ClN2O4S/c1-26-15-8-7-13(10-14(15)20)21-17(23)11-22-18(24)16(27-19(22)25)9-12-5-3-2-4-6-12/h2-10H,11H2,1H3,(H,21,23). The van der Waals surface area contributed by atoms with E-state index >= 15 is 0 Å². The third-order valence-electron chi connectivity index (χ3n) is 3.71. The topological polar surface area (TPSA) is 75.7 Å². The predicted molar refractivity (Wildman–Crippen MR) is 106 cm³/mol. The van der Waals surface area contributed by atoms with Crippen molar-refractivity contribution in [2.75, 3.05) is 19.0 Å². The first kappa shape index (κ1) is 19.0. The number of rotatable bonds is 5. The molecule has 0 unspecified atom stereocenters. The molecule has 1 saturated heterocycles. The molecule has 138 valence electrons. The molecule has 1 aliphatic rings. The molecule has 2 aromatic carbocycles. The summed E-state index contributed by atoms with van der Waals surface area (Å²) in [5.74, 6) is -0.511. The number of imide groups is 1. The Bertz CT molecular complexity index is 931. The van der Waals surface area contributed by atoms with E-state index in [0.717, 1.165) is 22.2 Å². The highest BCUT2D eigenvalue weighted by Gasteiger charge is 2.36. The minimum Gasteiger partial charge on any atom is -0.495 e. The summed E-state index contributed by atoms with van der Waals surface area (Å²) in [5, 5.41) is 2.47. The van der Waals surface area contributed by atoms with E-state index in [1.54, 1.807) is 18.2 Å². The van der Waals surface area contributed by atoms with Gasteiger partial charge in [0.2, 0.25) is 5.91 Å². The van der Waals surface area contributed by atoms with Crippen LogP contribution in [-0.4, -0.2) is 35.6 Å². The number of carbonyl (C=O) groups is 3. The van der Waals surface area contributed by atoms with Crippen LogP contribution in [0.4, 0.5) is 10.5 Å². The van der Waals surface area contributed by atoms with Gasteiger partial charge >= 0.3 is 0 Å². The molecule has 0 aliphatic carbocycles. The van der Waals surface area contributed by atoms with Gasteiger partial charge in [0.1, 0.15) is 12.3 Å². The number of nitrogens with one attached hydrogen (secondary N) is 1. The van der Waals surface area contributed by atoms with Crippen LogP contribution < -0.4 is 10.1 Å². The van der Waals surface area contributed by atoms with Crippen LogP contribution in [0.5, 0.6) is 5.75 Å². The number of halogens is 1. The molecule has 2 aromatic rings. The number of nitrogens with zero attached hydrogens (tertiary/aromatic N) is 1. The second-order valence-corrected chi connectivity index (χ2v) is 6.98. The Labute approximate surface area is 165 Å². The first-order valence-electron chi connectivity index (χ1n) is 7.92. The number of benzene rings is 2. The number of methoxy groups -OCH3 is 1. The van der Waals surface area contributed by atoms with Crippen LogP contribution in [0.1, 0.15) is 5.56 Å². The van der Waals surface area contributed by atoms with Crippen LogP contribution in [-0.2, 0) is 9.59 Å². The molecule has 3 amide bonds. The molecule has 8 heteroatoms. The fourth-order valence-corrected chi connectivity index (χ4v) is 3.52. The summed E-state index contributed by atoms with van der Waals surface area (Å²) in [4.78, 5) is 38.0. The Morgan fingerprint density at radius 1 is 1.22 bits per heavy atom. The molecule has 0 atom stereocenters. The Kier molecular flexibility index (Phi) is 5.83. The third-order valence-corrected chi connectivity index (χ3v) is 4.91. The summed E-state index contributed by atoms with van der Waals surface area (Å²) in [6, 6.07) is 13.9. The second kappa shape index (κ2) is 8.28. The lowest BCUT2D eigenvalue weighted by Crippen LogP contribution is -2.36. The van der Waals surface area contributed by atoms with E-state index in [1.165, 1.54) is 13.2 Å². The van der Waals surface area contributed by atoms with Crippen molar-refractivity contribution >= 4 is 52.2 Å². The summed E-state index contributed by atoms with van der Waals surface area (Å²) in [6.07, 6.45) is 1.63. The van der Waals surface area contributed by atoms with E-state index < -0.39 is 17.1 Å². The summed E-state index contributed by atoms with van der Waals surface area (Å²) < 4.78 is 5.05. The molecule has 27 heavy (non-hydrogen) atoms. The number of thioether (sulfide) groups is 1. The highest BCUT2D eigenvalue weighted by Crippen LogP contribution is 2.32. The highest BCUT2D eigenvalue weighted by atomic mass is 35.5. The Morgan fingerprint density at radius 3 is 2.63 bits per heavy atom. The maximum absolute atomic E-state index is 12.4. The predicted octanol–water partition coefficient (Wildman–Crippen LogP) is 4.02. The molecular formula is C19H15ClN2O4S. The lowest BCUT2D eigenvalue weighted by Gasteiger charge is -2.13. The van der Waals surface area contributed by atoms with Crippen LogP contribution >= 0.6 is 23.4 Å². The Morgan fingerprint density at radius 2 is 1.96 bits per heavy atom. The average molecular weight is 403 g/mol. The molecule has 0 radical (unpaired) electrons. The van der Waals surface area contributed by atoms with Gasteiger partial charge in [-0.05, 0) is 41.6 Å². The van der Waals surface area contributed by atoms with Crippen LogP contribution in [0.3, 0.4) is 0 Å². The molecule has 0 bridgehead atoms. The van der Waals surface area contributed by atoms with Crippen molar-refractivity contribution in [3.05, 3.63) is 64.0 Å². The zero-order valence-electron chi connectivity index (χ0n) is 14.3. The highest BCUT2D eigenvalue weighted by molar-refractivity contribution is 8.18. The third kappa shape index (κ3) is 4.50. The molecule has 3 rings (SSSR count). The normalized spacial score (nSPS) is 15.3. The molecule has 1 aliphatic heterocycles. The molecule has 1 N–H and O–H groups in total. The van der Waals surface area contributed by atoms with Crippen molar-refractivity contribution in [3.63, 3.8) is 0 Å². The number of hydrogen-bond donors (Lipinski definition) is 1.